The van der Waals surface area contributed by atoms with Gasteiger partial charge in [-0.3, -0.25) is 13.9 Å². The van der Waals surface area contributed by atoms with Crippen LogP contribution in [-0.4, -0.2) is 32.5 Å². The van der Waals surface area contributed by atoms with Gasteiger partial charge in [-0.1, -0.05) is 24.3 Å². The Balaban J connectivity index is 1.80. The van der Waals surface area contributed by atoms with E-state index < -0.39 is 21.7 Å². The van der Waals surface area contributed by atoms with Gasteiger partial charge in [0.1, 0.15) is 5.82 Å². The topological polar surface area (TPSA) is 95.6 Å². The molecule has 0 saturated carbocycles. The maximum Gasteiger partial charge on any atom is 0.255 e. The summed E-state index contributed by atoms with van der Waals surface area (Å²) >= 11 is 0. The number of rotatable bonds is 8. The zero-order valence-corrected chi connectivity index (χ0v) is 19.9. The highest BCUT2D eigenvalue weighted by Crippen LogP contribution is 2.23. The number of sulfonamides is 1. The maximum atomic E-state index is 13.2. The fourth-order valence-corrected chi connectivity index (χ4v) is 4.15. The Bertz CT molecular complexity index is 1270. The fourth-order valence-electron chi connectivity index (χ4n) is 3.26. The number of amides is 2. The van der Waals surface area contributed by atoms with Gasteiger partial charge in [-0.2, -0.15) is 0 Å². The second-order valence-corrected chi connectivity index (χ2v) is 9.98. The first-order chi connectivity index (χ1) is 16.0. The summed E-state index contributed by atoms with van der Waals surface area (Å²) in [7, 11) is -3.64. The van der Waals surface area contributed by atoms with Crippen molar-refractivity contribution in [3.8, 4) is 0 Å². The van der Waals surface area contributed by atoms with Crippen molar-refractivity contribution in [2.45, 2.75) is 26.4 Å². The molecule has 34 heavy (non-hydrogen) atoms. The number of carbonyl (C=O) groups excluding carboxylic acids is 2. The van der Waals surface area contributed by atoms with Crippen LogP contribution < -0.4 is 14.9 Å². The van der Waals surface area contributed by atoms with Gasteiger partial charge < -0.3 is 10.6 Å². The zero-order valence-electron chi connectivity index (χ0n) is 19.1. The summed E-state index contributed by atoms with van der Waals surface area (Å²) in [6, 6.07) is 18.2. The Hall–Kier alpha value is -3.72. The molecule has 0 aliphatic carbocycles. The largest absolute Gasteiger partial charge is 0.350 e. The van der Waals surface area contributed by atoms with Crippen LogP contribution in [0, 0.1) is 5.82 Å². The third kappa shape index (κ3) is 6.41. The van der Waals surface area contributed by atoms with Gasteiger partial charge in [-0.15, -0.1) is 0 Å². The molecule has 2 N–H and O–H groups in total. The van der Waals surface area contributed by atoms with Crippen LogP contribution in [0.25, 0.3) is 0 Å². The first-order valence-electron chi connectivity index (χ1n) is 10.6. The molecular formula is C25H26FN3O4S. The van der Waals surface area contributed by atoms with E-state index in [4.69, 9.17) is 0 Å². The van der Waals surface area contributed by atoms with Crippen LogP contribution in [0.3, 0.4) is 0 Å². The van der Waals surface area contributed by atoms with Crippen LogP contribution in [0.1, 0.15) is 40.1 Å². The molecule has 0 heterocycles. The molecule has 0 spiro atoms. The molecule has 0 bridgehead atoms. The minimum absolute atomic E-state index is 0.0169. The van der Waals surface area contributed by atoms with Crippen LogP contribution in [0.15, 0.2) is 72.8 Å². The normalized spacial score (nSPS) is 11.2. The Morgan fingerprint density at radius 1 is 0.912 bits per heavy atom. The molecule has 0 aromatic heterocycles. The van der Waals surface area contributed by atoms with Crippen LogP contribution >= 0.6 is 0 Å². The lowest BCUT2D eigenvalue weighted by Gasteiger charge is -2.23. The molecule has 7 nitrogen and oxygen atoms in total. The molecule has 0 aliphatic heterocycles. The van der Waals surface area contributed by atoms with Crippen LogP contribution in [0.5, 0.6) is 0 Å². The van der Waals surface area contributed by atoms with Crippen LogP contribution in [0.4, 0.5) is 15.8 Å². The summed E-state index contributed by atoms with van der Waals surface area (Å²) < 4.78 is 39.1. The Morgan fingerprint density at radius 2 is 1.53 bits per heavy atom. The van der Waals surface area contributed by atoms with Crippen LogP contribution in [0.2, 0.25) is 0 Å². The lowest BCUT2D eigenvalue weighted by Crippen LogP contribution is -2.31. The number of carbonyl (C=O) groups is 2. The molecule has 0 fully saturated rings. The van der Waals surface area contributed by atoms with Crippen molar-refractivity contribution >= 4 is 33.2 Å². The molecule has 3 rings (SSSR count). The van der Waals surface area contributed by atoms with Crippen molar-refractivity contribution in [3.05, 3.63) is 95.3 Å². The van der Waals surface area contributed by atoms with E-state index in [-0.39, 0.29) is 24.1 Å². The number of hydrogen-bond donors (Lipinski definition) is 2. The van der Waals surface area contributed by atoms with Gasteiger partial charge in [-0.05, 0) is 67.9 Å². The van der Waals surface area contributed by atoms with Crippen molar-refractivity contribution < 1.29 is 22.4 Å². The van der Waals surface area contributed by atoms with Crippen molar-refractivity contribution in [2.24, 2.45) is 0 Å². The summed E-state index contributed by atoms with van der Waals surface area (Å²) in [6.07, 6.45) is 1.08. The Kier molecular flexibility index (Phi) is 7.68. The Labute approximate surface area is 198 Å². The molecule has 0 radical (unpaired) electrons. The summed E-state index contributed by atoms with van der Waals surface area (Å²) in [4.78, 5) is 25.2. The first kappa shape index (κ1) is 24.9. The van der Waals surface area contributed by atoms with Gasteiger partial charge in [0.2, 0.25) is 10.0 Å². The lowest BCUT2D eigenvalue weighted by molar-refractivity contribution is 0.0944. The molecular weight excluding hydrogens is 457 g/mol. The van der Waals surface area contributed by atoms with Gasteiger partial charge in [0.15, 0.2) is 0 Å². The number of benzene rings is 3. The third-order valence-electron chi connectivity index (χ3n) is 4.90. The van der Waals surface area contributed by atoms with E-state index in [9.17, 15) is 22.4 Å². The lowest BCUT2D eigenvalue weighted by atomic mass is 10.1. The predicted octanol–water partition coefficient (Wildman–Crippen LogP) is 4.18. The number of nitrogens with zero attached hydrogens (tertiary/aromatic N) is 1. The highest BCUT2D eigenvalue weighted by Gasteiger charge is 2.19. The van der Waals surface area contributed by atoms with E-state index in [1.807, 2.05) is 13.8 Å². The standard InChI is InChI=1S/C25H26FN3O4S/c1-17(2)27-25(31)22-6-4-5-7-23(22)28-24(30)19-10-14-21(15-11-19)29(34(3,32)33)16-18-8-12-20(26)13-9-18/h4-15,17H,16H2,1-3H3,(H,27,31)(H,28,30). The monoisotopic (exact) mass is 483 g/mol. The van der Waals surface area contributed by atoms with E-state index in [0.29, 0.717) is 22.5 Å². The van der Waals surface area contributed by atoms with Gasteiger partial charge in [0, 0.05) is 11.6 Å². The van der Waals surface area contributed by atoms with E-state index >= 15 is 0 Å². The van der Waals surface area contributed by atoms with E-state index in [1.165, 1.54) is 52.8 Å². The highest BCUT2D eigenvalue weighted by molar-refractivity contribution is 7.92. The molecule has 0 unspecified atom stereocenters. The minimum Gasteiger partial charge on any atom is -0.350 e. The summed E-state index contributed by atoms with van der Waals surface area (Å²) in [6.45, 7) is 3.70. The van der Waals surface area contributed by atoms with E-state index in [2.05, 4.69) is 10.6 Å². The Morgan fingerprint density at radius 3 is 2.12 bits per heavy atom. The van der Waals surface area contributed by atoms with Gasteiger partial charge in [-0.25, -0.2) is 12.8 Å². The average molecular weight is 484 g/mol. The van der Waals surface area contributed by atoms with Crippen molar-refractivity contribution in [3.63, 3.8) is 0 Å². The number of nitrogens with one attached hydrogen (secondary N) is 2. The second kappa shape index (κ2) is 10.5. The second-order valence-electron chi connectivity index (χ2n) is 8.07. The van der Waals surface area contributed by atoms with E-state index in [1.54, 1.807) is 24.3 Å². The zero-order chi connectivity index (χ0) is 24.9. The molecule has 0 aliphatic rings. The minimum atomic E-state index is -3.64. The maximum absolute atomic E-state index is 13.2. The van der Waals surface area contributed by atoms with Crippen molar-refractivity contribution in [1.29, 1.82) is 0 Å². The molecule has 0 saturated heterocycles. The van der Waals surface area contributed by atoms with Gasteiger partial charge in [0.05, 0.1) is 29.7 Å². The molecule has 3 aromatic rings. The fraction of sp³-hybridized carbons (Fsp3) is 0.200. The quantitative estimate of drug-likeness (QED) is 0.502. The number of halogens is 1. The SMILES string of the molecule is CC(C)NC(=O)c1ccccc1NC(=O)c1ccc(N(Cc2ccc(F)cc2)S(C)(=O)=O)cc1. The van der Waals surface area contributed by atoms with Gasteiger partial charge >= 0.3 is 0 Å². The van der Waals surface area contributed by atoms with Gasteiger partial charge in [0.25, 0.3) is 11.8 Å². The summed E-state index contributed by atoms with van der Waals surface area (Å²) in [5.74, 6) is -1.15. The third-order valence-corrected chi connectivity index (χ3v) is 6.04. The smallest absolute Gasteiger partial charge is 0.255 e. The highest BCUT2D eigenvalue weighted by atomic mass is 32.2. The number of para-hydroxylation sites is 1. The average Bonchev–Trinajstić information content (AvgIpc) is 2.78. The molecule has 2 amide bonds. The summed E-state index contributed by atoms with van der Waals surface area (Å²) in [5, 5.41) is 5.53. The predicted molar refractivity (Wildman–Crippen MR) is 131 cm³/mol. The number of anilines is 2. The molecule has 178 valence electrons. The number of hydrogen-bond acceptors (Lipinski definition) is 4. The molecule has 0 atom stereocenters. The molecule has 3 aromatic carbocycles. The van der Waals surface area contributed by atoms with Crippen molar-refractivity contribution in [1.82, 2.24) is 5.32 Å². The first-order valence-corrected chi connectivity index (χ1v) is 12.4. The summed E-state index contributed by atoms with van der Waals surface area (Å²) in [5.41, 5.74) is 1.97. The molecule has 9 heteroatoms. The van der Waals surface area contributed by atoms with E-state index in [0.717, 1.165) is 6.26 Å². The van der Waals surface area contributed by atoms with Crippen LogP contribution in [-0.2, 0) is 16.6 Å². The van der Waals surface area contributed by atoms with Crippen molar-refractivity contribution in [2.75, 3.05) is 15.9 Å².